The van der Waals surface area contributed by atoms with Crippen LogP contribution in [0.1, 0.15) is 28.7 Å². The minimum Gasteiger partial charge on any atom is -0.497 e. The molecule has 2 rings (SSSR count). The molecule has 5 nitrogen and oxygen atoms in total. The van der Waals surface area contributed by atoms with Crippen LogP contribution in [0.4, 0.5) is 0 Å². The number of carbonyl (C=O) groups is 1. The fourth-order valence-corrected chi connectivity index (χ4v) is 1.87. The molecule has 0 radical (unpaired) electrons. The van der Waals surface area contributed by atoms with Gasteiger partial charge in [0.1, 0.15) is 5.75 Å². The zero-order chi connectivity index (χ0) is 14.4. The summed E-state index contributed by atoms with van der Waals surface area (Å²) in [7, 11) is 1.65. The fraction of sp³-hybridized carbons (Fsp3) is 0.333. The monoisotopic (exact) mass is 274 g/mol. The van der Waals surface area contributed by atoms with Crippen molar-refractivity contribution < 1.29 is 14.3 Å². The van der Waals surface area contributed by atoms with Gasteiger partial charge in [0, 0.05) is 5.69 Å². The van der Waals surface area contributed by atoms with Gasteiger partial charge in [0.15, 0.2) is 5.69 Å². The van der Waals surface area contributed by atoms with Crippen LogP contribution in [-0.2, 0) is 17.6 Å². The number of ether oxygens (including phenoxy) is 2. The topological polar surface area (TPSA) is 64.2 Å². The van der Waals surface area contributed by atoms with E-state index in [1.807, 2.05) is 24.3 Å². The molecule has 0 fully saturated rings. The van der Waals surface area contributed by atoms with Gasteiger partial charge in [0.05, 0.1) is 13.7 Å². The van der Waals surface area contributed by atoms with Gasteiger partial charge in [-0.1, -0.05) is 12.1 Å². The first-order valence-electron chi connectivity index (χ1n) is 6.57. The molecule has 106 valence electrons. The molecule has 1 aromatic heterocycles. The highest BCUT2D eigenvalue weighted by atomic mass is 16.5. The predicted octanol–water partition coefficient (Wildman–Crippen LogP) is 2.38. The first kappa shape index (κ1) is 14.1. The number of aromatic amines is 1. The first-order valence-corrected chi connectivity index (χ1v) is 6.57. The molecule has 0 amide bonds. The van der Waals surface area contributed by atoms with Crippen LogP contribution >= 0.6 is 0 Å². The van der Waals surface area contributed by atoms with Crippen LogP contribution in [0.2, 0.25) is 0 Å². The Labute approximate surface area is 117 Å². The lowest BCUT2D eigenvalue weighted by Gasteiger charge is -2.02. The fourth-order valence-electron chi connectivity index (χ4n) is 1.87. The van der Waals surface area contributed by atoms with Crippen molar-refractivity contribution in [1.29, 1.82) is 0 Å². The van der Waals surface area contributed by atoms with Crippen LogP contribution in [0.5, 0.6) is 5.75 Å². The van der Waals surface area contributed by atoms with E-state index in [9.17, 15) is 4.79 Å². The van der Waals surface area contributed by atoms with Gasteiger partial charge in [-0.15, -0.1) is 0 Å². The van der Waals surface area contributed by atoms with Crippen molar-refractivity contribution in [3.05, 3.63) is 47.3 Å². The van der Waals surface area contributed by atoms with E-state index < -0.39 is 0 Å². The van der Waals surface area contributed by atoms with Crippen LogP contribution in [-0.4, -0.2) is 29.9 Å². The summed E-state index contributed by atoms with van der Waals surface area (Å²) in [5.74, 6) is 0.458. The van der Waals surface area contributed by atoms with E-state index in [2.05, 4.69) is 10.2 Å². The van der Waals surface area contributed by atoms with E-state index in [0.29, 0.717) is 12.3 Å². The van der Waals surface area contributed by atoms with Crippen LogP contribution in [0.3, 0.4) is 0 Å². The molecular weight excluding hydrogens is 256 g/mol. The van der Waals surface area contributed by atoms with E-state index in [-0.39, 0.29) is 5.97 Å². The summed E-state index contributed by atoms with van der Waals surface area (Å²) >= 11 is 0. The number of nitrogens with zero attached hydrogens (tertiary/aromatic N) is 1. The lowest BCUT2D eigenvalue weighted by molar-refractivity contribution is 0.0519. The third-order valence-corrected chi connectivity index (χ3v) is 2.96. The molecule has 0 saturated carbocycles. The van der Waals surface area contributed by atoms with E-state index >= 15 is 0 Å². The number of aryl methyl sites for hydroxylation is 2. The Hall–Kier alpha value is -2.30. The Kier molecular flexibility index (Phi) is 4.76. The molecule has 1 heterocycles. The number of aromatic nitrogens is 2. The number of methoxy groups -OCH3 is 1. The Morgan fingerprint density at radius 2 is 2.00 bits per heavy atom. The highest BCUT2D eigenvalue weighted by Crippen LogP contribution is 2.13. The van der Waals surface area contributed by atoms with Crippen molar-refractivity contribution in [2.45, 2.75) is 19.8 Å². The van der Waals surface area contributed by atoms with E-state index in [4.69, 9.17) is 9.47 Å². The van der Waals surface area contributed by atoms with Gasteiger partial charge < -0.3 is 9.47 Å². The number of nitrogens with one attached hydrogen (secondary N) is 1. The SMILES string of the molecule is CCOC(=O)c1cc(CCc2ccc(OC)cc2)[nH]n1. The lowest BCUT2D eigenvalue weighted by atomic mass is 10.1. The quantitative estimate of drug-likeness (QED) is 0.821. The normalized spacial score (nSPS) is 10.3. The summed E-state index contributed by atoms with van der Waals surface area (Å²) in [6.45, 7) is 2.13. The van der Waals surface area contributed by atoms with Gasteiger partial charge in [0.25, 0.3) is 0 Å². The minimum absolute atomic E-state index is 0.330. The minimum atomic E-state index is -0.389. The second-order valence-electron chi connectivity index (χ2n) is 4.35. The number of benzene rings is 1. The number of H-pyrrole nitrogens is 1. The van der Waals surface area contributed by atoms with Crippen LogP contribution in [0.15, 0.2) is 30.3 Å². The molecule has 0 spiro atoms. The molecule has 0 unspecified atom stereocenters. The summed E-state index contributed by atoms with van der Waals surface area (Å²) in [5, 5.41) is 6.82. The second kappa shape index (κ2) is 6.75. The summed E-state index contributed by atoms with van der Waals surface area (Å²) in [6, 6.07) is 9.67. The van der Waals surface area contributed by atoms with Crippen molar-refractivity contribution in [2.75, 3.05) is 13.7 Å². The standard InChI is InChI=1S/C15H18N2O3/c1-3-20-15(18)14-10-12(16-17-14)7-4-11-5-8-13(19-2)9-6-11/h5-6,8-10H,3-4,7H2,1-2H3,(H,16,17). The molecule has 0 aliphatic heterocycles. The van der Waals surface area contributed by atoms with Crippen molar-refractivity contribution in [3.63, 3.8) is 0 Å². The highest BCUT2D eigenvalue weighted by Gasteiger charge is 2.10. The number of carbonyl (C=O) groups excluding carboxylic acids is 1. The van der Waals surface area contributed by atoms with E-state index in [1.54, 1.807) is 20.1 Å². The molecule has 0 saturated heterocycles. The maximum Gasteiger partial charge on any atom is 0.358 e. The van der Waals surface area contributed by atoms with Crippen LogP contribution < -0.4 is 4.74 Å². The average molecular weight is 274 g/mol. The summed E-state index contributed by atoms with van der Waals surface area (Å²) in [5.41, 5.74) is 2.46. The smallest absolute Gasteiger partial charge is 0.358 e. The summed E-state index contributed by atoms with van der Waals surface area (Å²) in [4.78, 5) is 11.5. The van der Waals surface area contributed by atoms with E-state index in [0.717, 1.165) is 24.3 Å². The molecule has 5 heteroatoms. The maximum absolute atomic E-state index is 11.5. The Balaban J connectivity index is 1.91. The molecule has 1 aromatic carbocycles. The molecule has 0 aliphatic carbocycles. The number of hydrogen-bond acceptors (Lipinski definition) is 4. The molecule has 2 aromatic rings. The number of esters is 1. The van der Waals surface area contributed by atoms with Crippen molar-refractivity contribution in [3.8, 4) is 5.75 Å². The van der Waals surface area contributed by atoms with Gasteiger partial charge in [-0.2, -0.15) is 5.10 Å². The molecule has 1 N–H and O–H groups in total. The average Bonchev–Trinajstić information content (AvgIpc) is 2.95. The van der Waals surface area contributed by atoms with Gasteiger partial charge >= 0.3 is 5.97 Å². The maximum atomic E-state index is 11.5. The summed E-state index contributed by atoms with van der Waals surface area (Å²) in [6.07, 6.45) is 1.66. The lowest BCUT2D eigenvalue weighted by Crippen LogP contribution is -2.04. The Bertz CT molecular complexity index is 561. The third kappa shape index (κ3) is 3.60. The van der Waals surface area contributed by atoms with Gasteiger partial charge in [-0.25, -0.2) is 4.79 Å². The Morgan fingerprint density at radius 1 is 1.25 bits per heavy atom. The zero-order valence-electron chi connectivity index (χ0n) is 11.7. The van der Waals surface area contributed by atoms with E-state index in [1.165, 1.54) is 5.56 Å². The third-order valence-electron chi connectivity index (χ3n) is 2.96. The predicted molar refractivity (Wildman–Crippen MR) is 74.9 cm³/mol. The second-order valence-corrected chi connectivity index (χ2v) is 4.35. The summed E-state index contributed by atoms with van der Waals surface area (Å²) < 4.78 is 10.0. The van der Waals surface area contributed by atoms with Gasteiger partial charge in [-0.3, -0.25) is 5.10 Å². The highest BCUT2D eigenvalue weighted by molar-refractivity contribution is 5.87. The number of rotatable bonds is 6. The molecule has 0 bridgehead atoms. The largest absolute Gasteiger partial charge is 0.497 e. The number of hydrogen-bond donors (Lipinski definition) is 1. The van der Waals surface area contributed by atoms with Crippen molar-refractivity contribution in [1.82, 2.24) is 10.2 Å². The van der Waals surface area contributed by atoms with Crippen LogP contribution in [0.25, 0.3) is 0 Å². The molecule has 0 aliphatic rings. The van der Waals surface area contributed by atoms with Crippen LogP contribution in [0, 0.1) is 0 Å². The molecule has 0 atom stereocenters. The van der Waals surface area contributed by atoms with Crippen molar-refractivity contribution >= 4 is 5.97 Å². The molecule has 20 heavy (non-hydrogen) atoms. The van der Waals surface area contributed by atoms with Gasteiger partial charge in [-0.05, 0) is 43.5 Å². The Morgan fingerprint density at radius 3 is 2.65 bits per heavy atom. The van der Waals surface area contributed by atoms with Crippen molar-refractivity contribution in [2.24, 2.45) is 0 Å². The first-order chi connectivity index (χ1) is 9.72. The molecular formula is C15H18N2O3. The zero-order valence-corrected chi connectivity index (χ0v) is 11.7. The van der Waals surface area contributed by atoms with Gasteiger partial charge in [0.2, 0.25) is 0 Å².